The Balaban J connectivity index is 1.50. The van der Waals surface area contributed by atoms with Crippen LogP contribution in [0, 0.1) is 18.7 Å². The van der Waals surface area contributed by atoms with E-state index in [-0.39, 0.29) is 23.3 Å². The van der Waals surface area contributed by atoms with E-state index >= 15 is 0 Å². The van der Waals surface area contributed by atoms with Gasteiger partial charge in [-0.3, -0.25) is 9.59 Å². The van der Waals surface area contributed by atoms with Crippen LogP contribution >= 0.6 is 0 Å². The number of hydrogen-bond donors (Lipinski definition) is 0. The van der Waals surface area contributed by atoms with Gasteiger partial charge in [0.15, 0.2) is 11.5 Å². The summed E-state index contributed by atoms with van der Waals surface area (Å²) in [6.45, 7) is 2.58. The van der Waals surface area contributed by atoms with Gasteiger partial charge in [-0.15, -0.1) is 0 Å². The molecule has 1 unspecified atom stereocenters. The average molecular weight is 392 g/mol. The first-order valence-electron chi connectivity index (χ1n) is 9.64. The summed E-state index contributed by atoms with van der Waals surface area (Å²) in [5.74, 6) is -0.610. The van der Waals surface area contributed by atoms with E-state index in [1.54, 1.807) is 30.0 Å². The van der Waals surface area contributed by atoms with Crippen LogP contribution in [0.25, 0.3) is 11.1 Å². The van der Waals surface area contributed by atoms with E-state index in [4.69, 9.17) is 4.52 Å². The van der Waals surface area contributed by atoms with Crippen LogP contribution in [-0.2, 0) is 0 Å². The molecular weight excluding hydrogens is 371 g/mol. The van der Waals surface area contributed by atoms with Gasteiger partial charge in [-0.05, 0) is 31.4 Å². The molecule has 0 N–H and O–H groups in total. The summed E-state index contributed by atoms with van der Waals surface area (Å²) >= 11 is 0. The number of aryl methyl sites for hydroxylation is 1. The zero-order chi connectivity index (χ0) is 20.4. The van der Waals surface area contributed by atoms with Gasteiger partial charge in [0.05, 0.1) is 0 Å². The van der Waals surface area contributed by atoms with Crippen molar-refractivity contribution in [3.05, 3.63) is 77.4 Å². The molecule has 2 aromatic carbocycles. The van der Waals surface area contributed by atoms with Crippen LogP contribution in [0.5, 0.6) is 0 Å². The van der Waals surface area contributed by atoms with Gasteiger partial charge in [-0.25, -0.2) is 4.39 Å². The molecule has 1 atom stereocenters. The molecule has 3 aromatic rings. The van der Waals surface area contributed by atoms with Gasteiger partial charge < -0.3 is 9.42 Å². The molecule has 1 aliphatic rings. The molecule has 6 heteroatoms. The second-order valence-electron chi connectivity index (χ2n) is 7.34. The van der Waals surface area contributed by atoms with Crippen molar-refractivity contribution in [3.63, 3.8) is 0 Å². The van der Waals surface area contributed by atoms with Crippen molar-refractivity contribution >= 4 is 11.7 Å². The summed E-state index contributed by atoms with van der Waals surface area (Å²) in [6.07, 6.45) is 1.38. The van der Waals surface area contributed by atoms with Crippen molar-refractivity contribution in [3.8, 4) is 11.1 Å². The van der Waals surface area contributed by atoms with E-state index in [1.807, 2.05) is 30.3 Å². The van der Waals surface area contributed by atoms with E-state index in [1.165, 1.54) is 6.07 Å². The first-order chi connectivity index (χ1) is 14.0. The van der Waals surface area contributed by atoms with Gasteiger partial charge >= 0.3 is 0 Å². The highest BCUT2D eigenvalue weighted by molar-refractivity contribution is 5.99. The first kappa shape index (κ1) is 19.1. The number of benzene rings is 2. The van der Waals surface area contributed by atoms with Crippen molar-refractivity contribution in [2.45, 2.75) is 19.8 Å². The third kappa shape index (κ3) is 3.97. The molecule has 148 valence electrons. The number of Topliss-reactive ketones (excluding diaryl/α,β-unsaturated/α-hetero) is 1. The van der Waals surface area contributed by atoms with Crippen molar-refractivity contribution in [2.75, 3.05) is 13.1 Å². The molecule has 0 aliphatic carbocycles. The summed E-state index contributed by atoms with van der Waals surface area (Å²) in [7, 11) is 0. The average Bonchev–Trinajstić information content (AvgIpc) is 3.19. The van der Waals surface area contributed by atoms with Gasteiger partial charge in [0, 0.05) is 36.2 Å². The molecule has 0 radical (unpaired) electrons. The lowest BCUT2D eigenvalue weighted by molar-refractivity contribution is 0.0628. The quantitative estimate of drug-likeness (QED) is 0.612. The molecule has 5 nitrogen and oxygen atoms in total. The third-order valence-corrected chi connectivity index (χ3v) is 5.26. The van der Waals surface area contributed by atoms with E-state index < -0.39 is 5.82 Å². The van der Waals surface area contributed by atoms with Crippen LogP contribution in [0.2, 0.25) is 0 Å². The smallest absolute Gasteiger partial charge is 0.276 e. The minimum Gasteiger partial charge on any atom is -0.361 e. The Morgan fingerprint density at radius 2 is 1.93 bits per heavy atom. The Bertz CT molecular complexity index is 1050. The van der Waals surface area contributed by atoms with Crippen LogP contribution in [0.4, 0.5) is 4.39 Å². The Labute approximate surface area is 168 Å². The number of carbonyl (C=O) groups excluding carboxylic acids is 2. The monoisotopic (exact) mass is 392 g/mol. The number of carbonyl (C=O) groups is 2. The summed E-state index contributed by atoms with van der Waals surface area (Å²) in [5, 5.41) is 3.77. The number of halogens is 1. The van der Waals surface area contributed by atoms with Gasteiger partial charge in [0.1, 0.15) is 11.6 Å². The summed E-state index contributed by atoms with van der Waals surface area (Å²) in [4.78, 5) is 27.2. The number of likely N-dealkylation sites (tertiary alicyclic amines) is 1. The van der Waals surface area contributed by atoms with Crippen LogP contribution in [0.15, 0.2) is 59.1 Å². The highest BCUT2D eigenvalue weighted by atomic mass is 19.1. The summed E-state index contributed by atoms with van der Waals surface area (Å²) in [5.41, 5.74) is 1.80. The number of aromatic nitrogens is 1. The molecular formula is C23H21FN2O3. The van der Waals surface area contributed by atoms with E-state index in [9.17, 15) is 14.0 Å². The lowest BCUT2D eigenvalue weighted by atomic mass is 9.89. The molecule has 1 amide bonds. The predicted octanol–water partition coefficient (Wildman–Crippen LogP) is 4.52. The van der Waals surface area contributed by atoms with Gasteiger partial charge in [0.25, 0.3) is 5.91 Å². The second-order valence-corrected chi connectivity index (χ2v) is 7.34. The summed E-state index contributed by atoms with van der Waals surface area (Å²) < 4.78 is 19.6. The number of ketones is 1. The maximum atomic E-state index is 14.7. The molecule has 0 saturated carbocycles. The fourth-order valence-corrected chi connectivity index (χ4v) is 3.76. The number of rotatable bonds is 4. The van der Waals surface area contributed by atoms with Crippen LogP contribution in [0.1, 0.15) is 39.4 Å². The van der Waals surface area contributed by atoms with Gasteiger partial charge in [-0.2, -0.15) is 0 Å². The van der Waals surface area contributed by atoms with E-state index in [0.29, 0.717) is 42.8 Å². The van der Waals surface area contributed by atoms with Crippen LogP contribution in [0.3, 0.4) is 0 Å². The maximum absolute atomic E-state index is 14.7. The Kier molecular flexibility index (Phi) is 5.25. The van der Waals surface area contributed by atoms with E-state index in [2.05, 4.69) is 5.16 Å². The number of hydrogen-bond acceptors (Lipinski definition) is 4. The van der Waals surface area contributed by atoms with Crippen molar-refractivity contribution < 1.29 is 18.5 Å². The standard InChI is InChI=1S/C23H21FN2O3/c1-15-12-21(25-29-15)23(28)26-11-5-8-18(14-26)22(27)17-9-10-19(20(24)13-17)16-6-3-2-4-7-16/h2-4,6-7,9-10,12-13,18H,5,8,11,14H2,1H3. The first-order valence-corrected chi connectivity index (χ1v) is 9.64. The highest BCUT2D eigenvalue weighted by Gasteiger charge is 2.31. The van der Waals surface area contributed by atoms with Crippen LogP contribution < -0.4 is 0 Å². The van der Waals surface area contributed by atoms with Gasteiger partial charge in [0.2, 0.25) is 0 Å². The van der Waals surface area contributed by atoms with Crippen LogP contribution in [-0.4, -0.2) is 34.8 Å². The predicted molar refractivity (Wildman–Crippen MR) is 106 cm³/mol. The number of piperidine rings is 1. The molecule has 4 rings (SSSR count). The minimum absolute atomic E-state index is 0.141. The normalized spacial score (nSPS) is 16.6. The molecule has 1 aromatic heterocycles. The SMILES string of the molecule is Cc1cc(C(=O)N2CCCC(C(=O)c3ccc(-c4ccccc4)c(F)c3)C2)no1. The lowest BCUT2D eigenvalue weighted by Crippen LogP contribution is -2.42. The molecule has 1 fully saturated rings. The zero-order valence-electron chi connectivity index (χ0n) is 16.1. The van der Waals surface area contributed by atoms with Crippen molar-refractivity contribution in [2.24, 2.45) is 5.92 Å². The number of nitrogens with zero attached hydrogens (tertiary/aromatic N) is 2. The minimum atomic E-state index is -0.427. The Morgan fingerprint density at radius 1 is 1.14 bits per heavy atom. The highest BCUT2D eigenvalue weighted by Crippen LogP contribution is 2.27. The van der Waals surface area contributed by atoms with Crippen molar-refractivity contribution in [1.82, 2.24) is 10.1 Å². The topological polar surface area (TPSA) is 63.4 Å². The largest absolute Gasteiger partial charge is 0.361 e. The fourth-order valence-electron chi connectivity index (χ4n) is 3.76. The fraction of sp³-hybridized carbons (Fsp3) is 0.261. The maximum Gasteiger partial charge on any atom is 0.276 e. The second kappa shape index (κ2) is 7.99. The van der Waals surface area contributed by atoms with E-state index in [0.717, 1.165) is 5.56 Å². The molecule has 29 heavy (non-hydrogen) atoms. The number of amides is 1. The Hall–Kier alpha value is -3.28. The van der Waals surface area contributed by atoms with Crippen molar-refractivity contribution in [1.29, 1.82) is 0 Å². The third-order valence-electron chi connectivity index (χ3n) is 5.26. The lowest BCUT2D eigenvalue weighted by Gasteiger charge is -2.31. The molecule has 0 bridgehead atoms. The molecule has 2 heterocycles. The Morgan fingerprint density at radius 3 is 2.62 bits per heavy atom. The summed E-state index contributed by atoms with van der Waals surface area (Å²) in [6, 6.07) is 15.4. The zero-order valence-corrected chi connectivity index (χ0v) is 16.1. The van der Waals surface area contributed by atoms with Gasteiger partial charge in [-0.1, -0.05) is 47.6 Å². The molecule has 1 aliphatic heterocycles. The molecule has 1 saturated heterocycles. The molecule has 0 spiro atoms.